The number of carbonyl (C=O) groups is 1. The SMILES string of the molecule is CCCCNC(=O)CSc1nc(NCC2CCCO2)c2ccccc2n1. The molecule has 3 rings (SSSR count). The molecule has 7 heteroatoms. The highest BCUT2D eigenvalue weighted by Crippen LogP contribution is 2.25. The number of rotatable bonds is 9. The third-order valence-corrected chi connectivity index (χ3v) is 5.14. The summed E-state index contributed by atoms with van der Waals surface area (Å²) in [6, 6.07) is 7.93. The van der Waals surface area contributed by atoms with Crippen molar-refractivity contribution in [3.63, 3.8) is 0 Å². The molecule has 1 atom stereocenters. The summed E-state index contributed by atoms with van der Waals surface area (Å²) in [5, 5.41) is 7.93. The minimum absolute atomic E-state index is 0.0223. The van der Waals surface area contributed by atoms with Crippen molar-refractivity contribution in [2.75, 3.05) is 30.8 Å². The van der Waals surface area contributed by atoms with Gasteiger partial charge in [0.05, 0.1) is 17.4 Å². The monoisotopic (exact) mass is 374 g/mol. The molecule has 0 spiro atoms. The summed E-state index contributed by atoms with van der Waals surface area (Å²) in [7, 11) is 0. The molecule has 140 valence electrons. The van der Waals surface area contributed by atoms with Crippen LogP contribution in [0.5, 0.6) is 0 Å². The molecule has 0 aliphatic carbocycles. The molecule has 1 aliphatic heterocycles. The molecule has 26 heavy (non-hydrogen) atoms. The van der Waals surface area contributed by atoms with Gasteiger partial charge in [-0.25, -0.2) is 9.97 Å². The lowest BCUT2D eigenvalue weighted by Gasteiger charge is -2.14. The summed E-state index contributed by atoms with van der Waals surface area (Å²) in [5.74, 6) is 1.15. The maximum atomic E-state index is 11.9. The Labute approximate surface area is 158 Å². The second-order valence-corrected chi connectivity index (χ2v) is 7.32. The molecule has 2 heterocycles. The first-order chi connectivity index (χ1) is 12.8. The topological polar surface area (TPSA) is 76.1 Å². The number of thioether (sulfide) groups is 1. The highest BCUT2D eigenvalue weighted by Gasteiger charge is 2.16. The van der Waals surface area contributed by atoms with Crippen molar-refractivity contribution in [2.24, 2.45) is 0 Å². The Morgan fingerprint density at radius 1 is 1.35 bits per heavy atom. The summed E-state index contributed by atoms with van der Waals surface area (Å²) < 4.78 is 5.68. The van der Waals surface area contributed by atoms with Gasteiger partial charge in [-0.3, -0.25) is 4.79 Å². The van der Waals surface area contributed by atoms with Gasteiger partial charge >= 0.3 is 0 Å². The van der Waals surface area contributed by atoms with E-state index in [0.717, 1.165) is 62.1 Å². The second-order valence-electron chi connectivity index (χ2n) is 6.38. The van der Waals surface area contributed by atoms with Crippen LogP contribution in [0.2, 0.25) is 0 Å². The first-order valence-electron chi connectivity index (χ1n) is 9.28. The molecule has 2 aromatic rings. The molecule has 1 saturated heterocycles. The van der Waals surface area contributed by atoms with E-state index in [1.54, 1.807) is 0 Å². The van der Waals surface area contributed by atoms with Crippen molar-refractivity contribution >= 4 is 34.4 Å². The Bertz CT molecular complexity index is 735. The predicted molar refractivity (Wildman–Crippen MR) is 106 cm³/mol. The van der Waals surface area contributed by atoms with E-state index in [-0.39, 0.29) is 12.0 Å². The van der Waals surface area contributed by atoms with Crippen molar-refractivity contribution in [1.29, 1.82) is 0 Å². The van der Waals surface area contributed by atoms with Gasteiger partial charge in [0.1, 0.15) is 5.82 Å². The van der Waals surface area contributed by atoms with E-state index in [4.69, 9.17) is 4.74 Å². The van der Waals surface area contributed by atoms with Crippen LogP contribution in [0.25, 0.3) is 10.9 Å². The number of unbranched alkanes of at least 4 members (excludes halogenated alkanes) is 1. The molecule has 0 bridgehead atoms. The smallest absolute Gasteiger partial charge is 0.230 e. The highest BCUT2D eigenvalue weighted by atomic mass is 32.2. The Kier molecular flexibility index (Phi) is 7.08. The van der Waals surface area contributed by atoms with E-state index < -0.39 is 0 Å². The van der Waals surface area contributed by atoms with Gasteiger partial charge in [-0.1, -0.05) is 37.2 Å². The van der Waals surface area contributed by atoms with Crippen molar-refractivity contribution in [3.8, 4) is 0 Å². The van der Waals surface area contributed by atoms with Gasteiger partial charge in [-0.15, -0.1) is 0 Å². The van der Waals surface area contributed by atoms with Crippen LogP contribution in [-0.4, -0.2) is 47.4 Å². The molecule has 1 aromatic heterocycles. The van der Waals surface area contributed by atoms with Gasteiger partial charge in [0.15, 0.2) is 5.16 Å². The van der Waals surface area contributed by atoms with Crippen molar-refractivity contribution in [1.82, 2.24) is 15.3 Å². The fourth-order valence-corrected chi connectivity index (χ4v) is 3.54. The number of nitrogens with zero attached hydrogens (tertiary/aromatic N) is 2. The van der Waals surface area contributed by atoms with Gasteiger partial charge in [-0.2, -0.15) is 0 Å². The normalized spacial score (nSPS) is 16.7. The van der Waals surface area contributed by atoms with Crippen LogP contribution >= 0.6 is 11.8 Å². The number of nitrogens with one attached hydrogen (secondary N) is 2. The number of anilines is 1. The lowest BCUT2D eigenvalue weighted by atomic mass is 10.2. The molecule has 0 radical (unpaired) electrons. The molecule has 1 aliphatic rings. The van der Waals surface area contributed by atoms with Crippen LogP contribution in [0, 0.1) is 0 Å². The zero-order valence-electron chi connectivity index (χ0n) is 15.2. The third-order valence-electron chi connectivity index (χ3n) is 4.29. The number of fused-ring (bicyclic) bond motifs is 1. The lowest BCUT2D eigenvalue weighted by Crippen LogP contribution is -2.26. The molecule has 1 fully saturated rings. The van der Waals surface area contributed by atoms with E-state index in [2.05, 4.69) is 27.5 Å². The fraction of sp³-hybridized carbons (Fsp3) is 0.526. The minimum Gasteiger partial charge on any atom is -0.376 e. The molecule has 1 amide bonds. The maximum absolute atomic E-state index is 11.9. The maximum Gasteiger partial charge on any atom is 0.230 e. The summed E-state index contributed by atoms with van der Waals surface area (Å²) >= 11 is 1.37. The van der Waals surface area contributed by atoms with Gasteiger partial charge in [0.2, 0.25) is 5.91 Å². The zero-order valence-corrected chi connectivity index (χ0v) is 16.0. The number of hydrogen-bond donors (Lipinski definition) is 2. The Morgan fingerprint density at radius 3 is 3.04 bits per heavy atom. The van der Waals surface area contributed by atoms with Crippen LogP contribution in [0.4, 0.5) is 5.82 Å². The second kappa shape index (κ2) is 9.73. The van der Waals surface area contributed by atoms with E-state index in [1.165, 1.54) is 11.8 Å². The van der Waals surface area contributed by atoms with E-state index >= 15 is 0 Å². The number of amides is 1. The predicted octanol–water partition coefficient (Wildman–Crippen LogP) is 3.23. The van der Waals surface area contributed by atoms with E-state index in [0.29, 0.717) is 10.9 Å². The first-order valence-corrected chi connectivity index (χ1v) is 10.3. The number of ether oxygens (including phenoxy) is 1. The molecule has 0 saturated carbocycles. The number of para-hydroxylation sites is 1. The van der Waals surface area contributed by atoms with Gasteiger partial charge in [0, 0.05) is 25.1 Å². The van der Waals surface area contributed by atoms with Crippen LogP contribution in [-0.2, 0) is 9.53 Å². The Hall–Kier alpha value is -1.86. The number of aromatic nitrogens is 2. The first kappa shape index (κ1) is 18.9. The zero-order chi connectivity index (χ0) is 18.2. The van der Waals surface area contributed by atoms with E-state index in [1.807, 2.05) is 24.3 Å². The fourth-order valence-electron chi connectivity index (χ4n) is 2.86. The standard InChI is InChI=1S/C19H26N4O2S/c1-2-3-10-20-17(24)13-26-19-22-16-9-5-4-8-15(16)18(23-19)21-12-14-7-6-11-25-14/h4-5,8-9,14H,2-3,6-7,10-13H2,1H3,(H,20,24)(H,21,22,23). The molecular weight excluding hydrogens is 348 g/mol. The largest absolute Gasteiger partial charge is 0.376 e. The molecule has 6 nitrogen and oxygen atoms in total. The number of carbonyl (C=O) groups excluding carboxylic acids is 1. The minimum atomic E-state index is 0.0223. The Balaban J connectivity index is 1.66. The summed E-state index contributed by atoms with van der Waals surface area (Å²) in [4.78, 5) is 21.1. The summed E-state index contributed by atoms with van der Waals surface area (Å²) in [6.07, 6.45) is 4.51. The van der Waals surface area contributed by atoms with Crippen molar-refractivity contribution < 1.29 is 9.53 Å². The summed E-state index contributed by atoms with van der Waals surface area (Å²) in [6.45, 7) is 4.41. The van der Waals surface area contributed by atoms with Gasteiger partial charge in [0.25, 0.3) is 0 Å². The van der Waals surface area contributed by atoms with Crippen LogP contribution < -0.4 is 10.6 Å². The third kappa shape index (κ3) is 5.32. The summed E-state index contributed by atoms with van der Waals surface area (Å²) in [5.41, 5.74) is 0.881. The van der Waals surface area contributed by atoms with Crippen molar-refractivity contribution in [3.05, 3.63) is 24.3 Å². The average molecular weight is 375 g/mol. The van der Waals surface area contributed by atoms with Crippen LogP contribution in [0.15, 0.2) is 29.4 Å². The van der Waals surface area contributed by atoms with Crippen LogP contribution in [0.3, 0.4) is 0 Å². The quantitative estimate of drug-likeness (QED) is 0.399. The van der Waals surface area contributed by atoms with Crippen LogP contribution in [0.1, 0.15) is 32.6 Å². The highest BCUT2D eigenvalue weighted by molar-refractivity contribution is 7.99. The average Bonchev–Trinajstić information content (AvgIpc) is 3.18. The number of hydrogen-bond acceptors (Lipinski definition) is 6. The molecule has 2 N–H and O–H groups in total. The Morgan fingerprint density at radius 2 is 2.23 bits per heavy atom. The molecule has 1 unspecified atom stereocenters. The lowest BCUT2D eigenvalue weighted by molar-refractivity contribution is -0.118. The van der Waals surface area contributed by atoms with Gasteiger partial charge in [-0.05, 0) is 31.4 Å². The molecule has 1 aromatic carbocycles. The van der Waals surface area contributed by atoms with Gasteiger partial charge < -0.3 is 15.4 Å². The number of benzene rings is 1. The van der Waals surface area contributed by atoms with Crippen molar-refractivity contribution in [2.45, 2.75) is 43.9 Å². The van der Waals surface area contributed by atoms with E-state index in [9.17, 15) is 4.79 Å². The molecular formula is C19H26N4O2S.